The van der Waals surface area contributed by atoms with Crippen LogP contribution in [-0.4, -0.2) is 25.8 Å². The van der Waals surface area contributed by atoms with E-state index in [1.54, 1.807) is 13.1 Å². The fourth-order valence-electron chi connectivity index (χ4n) is 1.85. The lowest BCUT2D eigenvalue weighted by molar-refractivity contribution is 0.0912. The molecule has 0 radical (unpaired) electrons. The second kappa shape index (κ2) is 5.21. The summed E-state index contributed by atoms with van der Waals surface area (Å²) in [5.41, 5.74) is 0.680. The molecule has 2 aromatic rings. The molecule has 1 amide bonds. The highest BCUT2D eigenvalue weighted by atomic mass is 16.6. The van der Waals surface area contributed by atoms with Gasteiger partial charge in [-0.3, -0.25) is 4.79 Å². The van der Waals surface area contributed by atoms with Gasteiger partial charge in [0.15, 0.2) is 5.69 Å². The molecule has 0 fully saturated rings. The minimum absolute atomic E-state index is 0.191. The standard InChI is InChI=1S/C12H17N5O2/c1-7(2)9(11-13-5-6-17(11)4)14-12(18)10-8(3)15-19-16-10/h5-7,9H,1-4H3,(H,14,18)/t9-/m0/s1. The van der Waals surface area contributed by atoms with E-state index in [0.29, 0.717) is 5.69 Å². The minimum Gasteiger partial charge on any atom is -0.340 e. The zero-order chi connectivity index (χ0) is 14.0. The van der Waals surface area contributed by atoms with Crippen LogP contribution in [0.25, 0.3) is 0 Å². The molecule has 0 aliphatic heterocycles. The fraction of sp³-hybridized carbons (Fsp3) is 0.500. The van der Waals surface area contributed by atoms with Crippen LogP contribution in [0.3, 0.4) is 0 Å². The average molecular weight is 263 g/mol. The van der Waals surface area contributed by atoms with Gasteiger partial charge in [0.2, 0.25) is 0 Å². The van der Waals surface area contributed by atoms with Crippen molar-refractivity contribution in [3.63, 3.8) is 0 Å². The first-order valence-corrected chi connectivity index (χ1v) is 6.08. The van der Waals surface area contributed by atoms with Crippen LogP contribution >= 0.6 is 0 Å². The van der Waals surface area contributed by atoms with Crippen LogP contribution in [-0.2, 0) is 7.05 Å². The quantitative estimate of drug-likeness (QED) is 0.896. The lowest BCUT2D eigenvalue weighted by atomic mass is 10.0. The van der Waals surface area contributed by atoms with Crippen molar-refractivity contribution >= 4 is 5.91 Å². The van der Waals surface area contributed by atoms with Gasteiger partial charge < -0.3 is 9.88 Å². The highest BCUT2D eigenvalue weighted by Crippen LogP contribution is 2.20. The van der Waals surface area contributed by atoms with Crippen LogP contribution in [0, 0.1) is 12.8 Å². The molecular formula is C12H17N5O2. The normalized spacial score (nSPS) is 12.7. The molecule has 0 spiro atoms. The maximum Gasteiger partial charge on any atom is 0.276 e. The Morgan fingerprint density at radius 2 is 2.16 bits per heavy atom. The summed E-state index contributed by atoms with van der Waals surface area (Å²) in [4.78, 5) is 16.4. The molecule has 2 heterocycles. The van der Waals surface area contributed by atoms with Crippen LogP contribution in [0.5, 0.6) is 0 Å². The van der Waals surface area contributed by atoms with Crippen LogP contribution in [0.1, 0.15) is 41.9 Å². The summed E-state index contributed by atoms with van der Waals surface area (Å²) in [6.07, 6.45) is 3.56. The monoisotopic (exact) mass is 263 g/mol. The van der Waals surface area contributed by atoms with Crippen LogP contribution in [0.2, 0.25) is 0 Å². The number of carbonyl (C=O) groups excluding carboxylic acids is 1. The Kier molecular flexibility index (Phi) is 3.64. The number of nitrogens with zero attached hydrogens (tertiary/aromatic N) is 4. The number of imidazole rings is 1. The molecular weight excluding hydrogens is 246 g/mol. The van der Waals surface area contributed by atoms with E-state index in [-0.39, 0.29) is 23.6 Å². The second-order valence-corrected chi connectivity index (χ2v) is 4.79. The van der Waals surface area contributed by atoms with E-state index in [1.807, 2.05) is 31.7 Å². The van der Waals surface area contributed by atoms with Crippen molar-refractivity contribution in [2.75, 3.05) is 0 Å². The number of hydrogen-bond donors (Lipinski definition) is 1. The minimum atomic E-state index is -0.305. The highest BCUT2D eigenvalue weighted by Gasteiger charge is 2.25. The Labute approximate surface area is 111 Å². The van der Waals surface area contributed by atoms with Gasteiger partial charge in [-0.25, -0.2) is 9.61 Å². The molecule has 0 bridgehead atoms. The molecule has 7 heteroatoms. The summed E-state index contributed by atoms with van der Waals surface area (Å²) in [5.74, 6) is 0.697. The maximum absolute atomic E-state index is 12.1. The first-order valence-electron chi connectivity index (χ1n) is 6.08. The van der Waals surface area contributed by atoms with Gasteiger partial charge in [0.05, 0.1) is 6.04 Å². The summed E-state index contributed by atoms with van der Waals surface area (Å²) in [6, 6.07) is -0.191. The number of aromatic nitrogens is 4. The molecule has 0 aromatic carbocycles. The van der Waals surface area contributed by atoms with Gasteiger partial charge in [-0.2, -0.15) is 0 Å². The van der Waals surface area contributed by atoms with Crippen molar-refractivity contribution < 1.29 is 9.42 Å². The van der Waals surface area contributed by atoms with E-state index < -0.39 is 0 Å². The lowest BCUT2D eigenvalue weighted by Crippen LogP contribution is -2.34. The molecule has 19 heavy (non-hydrogen) atoms. The molecule has 0 aliphatic carbocycles. The predicted molar refractivity (Wildman–Crippen MR) is 67.3 cm³/mol. The molecule has 7 nitrogen and oxygen atoms in total. The van der Waals surface area contributed by atoms with E-state index >= 15 is 0 Å². The number of nitrogens with one attached hydrogen (secondary N) is 1. The van der Waals surface area contributed by atoms with E-state index in [9.17, 15) is 4.79 Å². The SMILES string of the molecule is Cc1nonc1C(=O)N[C@H](c1nccn1C)C(C)C. The van der Waals surface area contributed by atoms with E-state index in [0.717, 1.165) is 5.82 Å². The van der Waals surface area contributed by atoms with Gasteiger partial charge in [0.25, 0.3) is 5.91 Å². The fourth-order valence-corrected chi connectivity index (χ4v) is 1.85. The van der Waals surface area contributed by atoms with Crippen molar-refractivity contribution in [1.29, 1.82) is 0 Å². The molecule has 1 atom stereocenters. The van der Waals surface area contributed by atoms with E-state index in [2.05, 4.69) is 25.2 Å². The van der Waals surface area contributed by atoms with Crippen LogP contribution < -0.4 is 5.32 Å². The average Bonchev–Trinajstić information content (AvgIpc) is 2.94. The second-order valence-electron chi connectivity index (χ2n) is 4.79. The maximum atomic E-state index is 12.1. The van der Waals surface area contributed by atoms with Gasteiger partial charge in [0, 0.05) is 19.4 Å². The largest absolute Gasteiger partial charge is 0.340 e. The predicted octanol–water partition coefficient (Wildman–Crippen LogP) is 1.24. The molecule has 0 aliphatic rings. The third-order valence-corrected chi connectivity index (χ3v) is 2.96. The summed E-state index contributed by atoms with van der Waals surface area (Å²) in [5, 5.41) is 10.1. The lowest BCUT2D eigenvalue weighted by Gasteiger charge is -2.21. The number of amides is 1. The molecule has 2 rings (SSSR count). The van der Waals surface area contributed by atoms with Gasteiger partial charge in [-0.15, -0.1) is 0 Å². The number of carbonyl (C=O) groups is 1. The first-order chi connectivity index (χ1) is 9.00. The third kappa shape index (κ3) is 2.64. The highest BCUT2D eigenvalue weighted by molar-refractivity contribution is 5.93. The Morgan fingerprint density at radius 1 is 1.42 bits per heavy atom. The van der Waals surface area contributed by atoms with Gasteiger partial charge >= 0.3 is 0 Å². The zero-order valence-electron chi connectivity index (χ0n) is 11.4. The Hall–Kier alpha value is -2.18. The van der Waals surface area contributed by atoms with Gasteiger partial charge in [0.1, 0.15) is 11.5 Å². The molecule has 1 N–H and O–H groups in total. The molecule has 0 saturated carbocycles. The topological polar surface area (TPSA) is 85.8 Å². The number of rotatable bonds is 4. The summed E-state index contributed by atoms with van der Waals surface area (Å²) in [6.45, 7) is 5.72. The summed E-state index contributed by atoms with van der Waals surface area (Å²) >= 11 is 0. The van der Waals surface area contributed by atoms with Crippen molar-refractivity contribution in [1.82, 2.24) is 25.2 Å². The Balaban J connectivity index is 2.21. The van der Waals surface area contributed by atoms with Crippen molar-refractivity contribution in [3.8, 4) is 0 Å². The summed E-state index contributed by atoms with van der Waals surface area (Å²) < 4.78 is 6.43. The number of aryl methyl sites for hydroxylation is 2. The number of hydrogen-bond acceptors (Lipinski definition) is 5. The summed E-state index contributed by atoms with van der Waals surface area (Å²) in [7, 11) is 1.90. The van der Waals surface area contributed by atoms with Crippen molar-refractivity contribution in [2.45, 2.75) is 26.8 Å². The van der Waals surface area contributed by atoms with E-state index in [1.165, 1.54) is 0 Å². The molecule has 2 aromatic heterocycles. The zero-order valence-corrected chi connectivity index (χ0v) is 11.4. The van der Waals surface area contributed by atoms with Crippen molar-refractivity contribution in [3.05, 3.63) is 29.6 Å². The van der Waals surface area contributed by atoms with Crippen LogP contribution in [0.15, 0.2) is 17.0 Å². The van der Waals surface area contributed by atoms with Crippen LogP contribution in [0.4, 0.5) is 0 Å². The Morgan fingerprint density at radius 3 is 2.63 bits per heavy atom. The van der Waals surface area contributed by atoms with E-state index in [4.69, 9.17) is 0 Å². The van der Waals surface area contributed by atoms with Gasteiger partial charge in [-0.1, -0.05) is 19.0 Å². The molecule has 0 saturated heterocycles. The molecule has 0 unspecified atom stereocenters. The van der Waals surface area contributed by atoms with Crippen molar-refractivity contribution in [2.24, 2.45) is 13.0 Å². The Bertz CT molecular complexity index is 572. The third-order valence-electron chi connectivity index (χ3n) is 2.96. The first kappa shape index (κ1) is 13.3. The smallest absolute Gasteiger partial charge is 0.276 e. The molecule has 102 valence electrons. The van der Waals surface area contributed by atoms with Gasteiger partial charge in [-0.05, 0) is 18.0 Å².